The third kappa shape index (κ3) is 8.19. The molecule has 4 nitrogen and oxygen atoms in total. The van der Waals surface area contributed by atoms with Crippen molar-refractivity contribution in [3.8, 4) is 0 Å². The summed E-state index contributed by atoms with van der Waals surface area (Å²) < 4.78 is 40.7. The lowest BCUT2D eigenvalue weighted by molar-refractivity contribution is -0.176. The van der Waals surface area contributed by atoms with Crippen LogP contribution in [0.1, 0.15) is 30.9 Å². The highest BCUT2D eigenvalue weighted by Gasteiger charge is 2.27. The Bertz CT molecular complexity index is 501. The van der Waals surface area contributed by atoms with Crippen LogP contribution in [0.25, 0.3) is 0 Å². The van der Waals surface area contributed by atoms with E-state index in [1.54, 1.807) is 19.2 Å². The van der Waals surface area contributed by atoms with Gasteiger partial charge in [-0.25, -0.2) is 0 Å². The lowest BCUT2D eigenvalue weighted by atomic mass is 10.1. The summed E-state index contributed by atoms with van der Waals surface area (Å²) in [7, 11) is 3.73. The van der Waals surface area contributed by atoms with E-state index in [-0.39, 0.29) is 6.61 Å². The maximum atomic E-state index is 12.0. The zero-order chi connectivity index (χ0) is 18.0. The Kier molecular flexibility index (Phi) is 8.60. The van der Waals surface area contributed by atoms with Crippen LogP contribution in [0.5, 0.6) is 0 Å². The van der Waals surface area contributed by atoms with Crippen LogP contribution in [0, 0.1) is 0 Å². The van der Waals surface area contributed by atoms with Crippen molar-refractivity contribution in [3.05, 3.63) is 35.4 Å². The Morgan fingerprint density at radius 2 is 1.83 bits per heavy atom. The maximum absolute atomic E-state index is 12.0. The highest BCUT2D eigenvalue weighted by Crippen LogP contribution is 2.15. The predicted octanol–water partition coefficient (Wildman–Crippen LogP) is 3.57. The molecular weight excluding hydrogens is 319 g/mol. The van der Waals surface area contributed by atoms with Gasteiger partial charge in [0.05, 0.1) is 6.61 Å². The van der Waals surface area contributed by atoms with Crippen LogP contribution in [-0.2, 0) is 17.9 Å². The first-order valence-corrected chi connectivity index (χ1v) is 7.99. The normalized spacial score (nSPS) is 12.3. The molecule has 136 valence electrons. The van der Waals surface area contributed by atoms with E-state index in [0.29, 0.717) is 12.1 Å². The number of aliphatic imine (C=N–C) groups is 1. The minimum absolute atomic E-state index is 0.0470. The molecule has 1 aromatic carbocycles. The summed E-state index contributed by atoms with van der Waals surface area (Å²) in [4.78, 5) is 6.31. The van der Waals surface area contributed by atoms with Gasteiger partial charge in [0.1, 0.15) is 6.61 Å². The van der Waals surface area contributed by atoms with Gasteiger partial charge in [-0.3, -0.25) is 4.99 Å². The van der Waals surface area contributed by atoms with Gasteiger partial charge in [0.15, 0.2) is 5.96 Å². The molecule has 0 aromatic heterocycles. The standard InChI is InChI=1S/C17H26F3N3O/c1-4-5-10-23(3)16(21-2)22-11-14-6-8-15(9-7-14)12-24-13-17(18,19)20/h6-9H,4-5,10-13H2,1-3H3,(H,21,22). The van der Waals surface area contributed by atoms with Crippen LogP contribution in [0.3, 0.4) is 0 Å². The van der Waals surface area contributed by atoms with Crippen molar-refractivity contribution in [2.75, 3.05) is 27.2 Å². The number of rotatable bonds is 8. The molecule has 24 heavy (non-hydrogen) atoms. The molecule has 0 bridgehead atoms. The number of hydrogen-bond acceptors (Lipinski definition) is 2. The molecule has 1 N–H and O–H groups in total. The Morgan fingerprint density at radius 1 is 1.21 bits per heavy atom. The van der Waals surface area contributed by atoms with Crippen LogP contribution >= 0.6 is 0 Å². The second-order valence-electron chi connectivity index (χ2n) is 5.60. The van der Waals surface area contributed by atoms with Crippen molar-refractivity contribution >= 4 is 5.96 Å². The monoisotopic (exact) mass is 345 g/mol. The van der Waals surface area contributed by atoms with E-state index in [1.165, 1.54) is 0 Å². The van der Waals surface area contributed by atoms with Gasteiger partial charge in [0, 0.05) is 27.2 Å². The Balaban J connectivity index is 2.43. The average Bonchev–Trinajstić information content (AvgIpc) is 2.53. The van der Waals surface area contributed by atoms with Crippen LogP contribution in [-0.4, -0.2) is 44.3 Å². The summed E-state index contributed by atoms with van der Waals surface area (Å²) in [6.07, 6.45) is -2.06. The van der Waals surface area contributed by atoms with Gasteiger partial charge in [-0.05, 0) is 17.5 Å². The number of nitrogens with one attached hydrogen (secondary N) is 1. The predicted molar refractivity (Wildman–Crippen MR) is 89.9 cm³/mol. The number of alkyl halides is 3. The molecule has 0 heterocycles. The van der Waals surface area contributed by atoms with Crippen LogP contribution < -0.4 is 5.32 Å². The average molecular weight is 345 g/mol. The summed E-state index contributed by atoms with van der Waals surface area (Å²) in [5, 5.41) is 3.27. The summed E-state index contributed by atoms with van der Waals surface area (Å²) in [5.41, 5.74) is 1.74. The first-order chi connectivity index (χ1) is 11.4. The van der Waals surface area contributed by atoms with Crippen molar-refractivity contribution in [3.63, 3.8) is 0 Å². The number of unbranched alkanes of at least 4 members (excludes halogenated alkanes) is 1. The molecule has 0 saturated heterocycles. The molecule has 0 fully saturated rings. The van der Waals surface area contributed by atoms with Gasteiger partial charge in [-0.1, -0.05) is 37.6 Å². The lowest BCUT2D eigenvalue weighted by Crippen LogP contribution is -2.38. The SMILES string of the molecule is CCCCN(C)C(=NC)NCc1ccc(COCC(F)(F)F)cc1. The summed E-state index contributed by atoms with van der Waals surface area (Å²) in [6, 6.07) is 7.30. The Morgan fingerprint density at radius 3 is 2.38 bits per heavy atom. The number of nitrogens with zero attached hydrogens (tertiary/aromatic N) is 2. The summed E-state index contributed by atoms with van der Waals surface area (Å²) in [5.74, 6) is 0.820. The van der Waals surface area contributed by atoms with Crippen molar-refractivity contribution in [1.82, 2.24) is 10.2 Å². The van der Waals surface area contributed by atoms with Crippen molar-refractivity contribution < 1.29 is 17.9 Å². The molecule has 0 radical (unpaired) electrons. The molecule has 0 aliphatic rings. The van der Waals surface area contributed by atoms with Gasteiger partial charge >= 0.3 is 6.18 Å². The van der Waals surface area contributed by atoms with E-state index in [9.17, 15) is 13.2 Å². The molecule has 7 heteroatoms. The largest absolute Gasteiger partial charge is 0.411 e. The molecule has 0 amide bonds. The topological polar surface area (TPSA) is 36.9 Å². The molecule has 0 spiro atoms. The minimum Gasteiger partial charge on any atom is -0.367 e. The molecule has 0 saturated carbocycles. The number of hydrogen-bond donors (Lipinski definition) is 1. The summed E-state index contributed by atoms with van der Waals surface area (Å²) >= 11 is 0. The van der Waals surface area contributed by atoms with Gasteiger partial charge < -0.3 is 15.0 Å². The zero-order valence-corrected chi connectivity index (χ0v) is 14.5. The fourth-order valence-corrected chi connectivity index (χ4v) is 2.10. The molecular formula is C17H26F3N3O. The quantitative estimate of drug-likeness (QED) is 0.578. The van der Waals surface area contributed by atoms with E-state index in [2.05, 4.69) is 26.9 Å². The fraction of sp³-hybridized carbons (Fsp3) is 0.588. The number of halogens is 3. The van der Waals surface area contributed by atoms with E-state index in [1.807, 2.05) is 19.2 Å². The third-order valence-electron chi connectivity index (χ3n) is 3.43. The molecule has 0 aliphatic heterocycles. The smallest absolute Gasteiger partial charge is 0.367 e. The molecule has 0 unspecified atom stereocenters. The third-order valence-corrected chi connectivity index (χ3v) is 3.43. The maximum Gasteiger partial charge on any atom is 0.411 e. The van der Waals surface area contributed by atoms with Gasteiger partial charge in [0.25, 0.3) is 0 Å². The molecule has 0 aliphatic carbocycles. The van der Waals surface area contributed by atoms with Crippen LogP contribution in [0.4, 0.5) is 13.2 Å². The van der Waals surface area contributed by atoms with E-state index < -0.39 is 12.8 Å². The zero-order valence-electron chi connectivity index (χ0n) is 14.5. The number of guanidine groups is 1. The Labute approximate surface area is 141 Å². The van der Waals surface area contributed by atoms with Crippen molar-refractivity contribution in [2.45, 2.75) is 39.1 Å². The highest BCUT2D eigenvalue weighted by atomic mass is 19.4. The molecule has 1 rings (SSSR count). The van der Waals surface area contributed by atoms with E-state index in [0.717, 1.165) is 30.9 Å². The molecule has 1 aromatic rings. The van der Waals surface area contributed by atoms with Gasteiger partial charge in [0.2, 0.25) is 0 Å². The van der Waals surface area contributed by atoms with Crippen LogP contribution in [0.15, 0.2) is 29.3 Å². The number of ether oxygens (including phenoxy) is 1. The van der Waals surface area contributed by atoms with Crippen molar-refractivity contribution in [2.24, 2.45) is 4.99 Å². The number of benzene rings is 1. The van der Waals surface area contributed by atoms with Crippen LogP contribution in [0.2, 0.25) is 0 Å². The first kappa shape index (κ1) is 20.3. The second-order valence-corrected chi connectivity index (χ2v) is 5.60. The minimum atomic E-state index is -4.29. The van der Waals surface area contributed by atoms with Crippen molar-refractivity contribution in [1.29, 1.82) is 0 Å². The first-order valence-electron chi connectivity index (χ1n) is 7.99. The van der Waals surface area contributed by atoms with Gasteiger partial charge in [-0.15, -0.1) is 0 Å². The van der Waals surface area contributed by atoms with Gasteiger partial charge in [-0.2, -0.15) is 13.2 Å². The fourth-order valence-electron chi connectivity index (χ4n) is 2.10. The summed E-state index contributed by atoms with van der Waals surface area (Å²) in [6.45, 7) is 2.41. The highest BCUT2D eigenvalue weighted by molar-refractivity contribution is 5.79. The Hall–Kier alpha value is -1.76. The lowest BCUT2D eigenvalue weighted by Gasteiger charge is -2.21. The van der Waals surface area contributed by atoms with E-state index >= 15 is 0 Å². The second kappa shape index (κ2) is 10.2. The molecule has 0 atom stereocenters. The van der Waals surface area contributed by atoms with E-state index in [4.69, 9.17) is 0 Å².